The van der Waals surface area contributed by atoms with Gasteiger partial charge in [-0.3, -0.25) is 9.59 Å². The molecular formula is C20H23FN2O3. The number of halogens is 1. The number of hydrogen-bond donors (Lipinski definition) is 2. The number of carboxylic acids is 1. The molecule has 1 saturated heterocycles. The minimum atomic E-state index is -0.835. The van der Waals surface area contributed by atoms with Crippen molar-refractivity contribution in [1.29, 1.82) is 0 Å². The van der Waals surface area contributed by atoms with Crippen LogP contribution in [0.1, 0.15) is 50.0 Å². The summed E-state index contributed by atoms with van der Waals surface area (Å²) in [4.78, 5) is 29.0. The largest absolute Gasteiger partial charge is 0.481 e. The molecule has 2 aliphatic rings. The molecule has 1 saturated carbocycles. The summed E-state index contributed by atoms with van der Waals surface area (Å²) in [6.45, 7) is 1.29. The standard InChI is InChI=1S/C20H23FN2O3/c21-14-2-3-15-16(12-22-17(15)10-14)13-4-8-23(9-5-13)18(24)11-20(19(25)26)6-1-7-20/h2-3,10,12-13,22H,1,4-9,11H2,(H,25,26). The number of carboxylic acid groups (broad SMARTS) is 1. The molecule has 5 nitrogen and oxygen atoms in total. The SMILES string of the molecule is O=C(CC1(C(=O)O)CCC1)N1CCC(c2c[nH]c3cc(F)ccc23)CC1. The Balaban J connectivity index is 1.40. The minimum Gasteiger partial charge on any atom is -0.481 e. The van der Waals surface area contributed by atoms with Crippen molar-refractivity contribution in [2.75, 3.05) is 13.1 Å². The number of likely N-dealkylation sites (tertiary alicyclic amines) is 1. The maximum Gasteiger partial charge on any atom is 0.310 e. The van der Waals surface area contributed by atoms with Gasteiger partial charge in [-0.25, -0.2) is 4.39 Å². The summed E-state index contributed by atoms with van der Waals surface area (Å²) in [5.41, 5.74) is 1.15. The highest BCUT2D eigenvalue weighted by molar-refractivity contribution is 5.86. The summed E-state index contributed by atoms with van der Waals surface area (Å²) in [5.74, 6) is -0.797. The zero-order chi connectivity index (χ0) is 18.3. The summed E-state index contributed by atoms with van der Waals surface area (Å²) < 4.78 is 13.3. The van der Waals surface area contributed by atoms with E-state index in [1.54, 1.807) is 6.07 Å². The molecule has 0 unspecified atom stereocenters. The van der Waals surface area contributed by atoms with Gasteiger partial charge in [0.25, 0.3) is 0 Å². The van der Waals surface area contributed by atoms with E-state index in [1.807, 2.05) is 11.1 Å². The molecule has 6 heteroatoms. The average molecular weight is 358 g/mol. The molecule has 1 aliphatic heterocycles. The van der Waals surface area contributed by atoms with Crippen molar-refractivity contribution in [3.8, 4) is 0 Å². The molecule has 0 spiro atoms. The predicted molar refractivity (Wildman–Crippen MR) is 95.3 cm³/mol. The van der Waals surface area contributed by atoms with Crippen LogP contribution in [0.4, 0.5) is 4.39 Å². The number of nitrogens with zero attached hydrogens (tertiary/aromatic N) is 1. The molecule has 0 atom stereocenters. The number of benzene rings is 1. The zero-order valence-electron chi connectivity index (χ0n) is 14.6. The van der Waals surface area contributed by atoms with Gasteiger partial charge < -0.3 is 15.0 Å². The fourth-order valence-electron chi connectivity index (χ4n) is 4.37. The van der Waals surface area contributed by atoms with Crippen LogP contribution < -0.4 is 0 Å². The number of fused-ring (bicyclic) bond motifs is 1. The highest BCUT2D eigenvalue weighted by Crippen LogP contribution is 2.45. The maximum atomic E-state index is 13.3. The number of aliphatic carboxylic acids is 1. The van der Waals surface area contributed by atoms with E-state index in [1.165, 1.54) is 17.7 Å². The first-order valence-corrected chi connectivity index (χ1v) is 9.26. The van der Waals surface area contributed by atoms with Crippen molar-refractivity contribution in [2.45, 2.75) is 44.4 Å². The van der Waals surface area contributed by atoms with Crippen LogP contribution in [0.5, 0.6) is 0 Å². The molecular weight excluding hydrogens is 335 g/mol. The summed E-state index contributed by atoms with van der Waals surface area (Å²) in [6.07, 6.45) is 5.86. The molecule has 1 aliphatic carbocycles. The van der Waals surface area contributed by atoms with Crippen LogP contribution in [0.25, 0.3) is 10.9 Å². The van der Waals surface area contributed by atoms with Crippen molar-refractivity contribution < 1.29 is 19.1 Å². The Hall–Kier alpha value is -2.37. The van der Waals surface area contributed by atoms with Crippen LogP contribution in [0.2, 0.25) is 0 Å². The molecule has 2 N–H and O–H groups in total. The average Bonchev–Trinajstić information content (AvgIpc) is 3.00. The van der Waals surface area contributed by atoms with Crippen LogP contribution in [-0.4, -0.2) is 40.0 Å². The van der Waals surface area contributed by atoms with Gasteiger partial charge in [0.1, 0.15) is 5.82 Å². The van der Waals surface area contributed by atoms with E-state index in [2.05, 4.69) is 4.98 Å². The van der Waals surface area contributed by atoms with Gasteiger partial charge in [0.15, 0.2) is 0 Å². The van der Waals surface area contributed by atoms with Crippen molar-refractivity contribution in [2.24, 2.45) is 5.41 Å². The monoisotopic (exact) mass is 358 g/mol. The Kier molecular flexibility index (Phi) is 4.21. The zero-order valence-corrected chi connectivity index (χ0v) is 14.6. The lowest BCUT2D eigenvalue weighted by molar-refractivity contribution is -0.159. The molecule has 26 heavy (non-hydrogen) atoms. The van der Waals surface area contributed by atoms with Gasteiger partial charge in [-0.2, -0.15) is 0 Å². The number of carbonyl (C=O) groups is 2. The number of H-pyrrole nitrogens is 1. The van der Waals surface area contributed by atoms with Crippen LogP contribution in [0.3, 0.4) is 0 Å². The topological polar surface area (TPSA) is 73.4 Å². The van der Waals surface area contributed by atoms with Gasteiger partial charge in [0.05, 0.1) is 5.41 Å². The number of nitrogens with one attached hydrogen (secondary N) is 1. The summed E-state index contributed by atoms with van der Waals surface area (Å²) >= 11 is 0. The summed E-state index contributed by atoms with van der Waals surface area (Å²) in [6, 6.07) is 4.78. The second-order valence-corrected chi connectivity index (χ2v) is 7.70. The molecule has 0 radical (unpaired) electrons. The molecule has 138 valence electrons. The summed E-state index contributed by atoms with van der Waals surface area (Å²) in [5, 5.41) is 10.5. The Labute approximate surface area is 151 Å². The van der Waals surface area contributed by atoms with Crippen LogP contribution in [0.15, 0.2) is 24.4 Å². The second-order valence-electron chi connectivity index (χ2n) is 7.70. The van der Waals surface area contributed by atoms with Gasteiger partial charge in [0, 0.05) is 36.6 Å². The van der Waals surface area contributed by atoms with Crippen LogP contribution in [0, 0.1) is 11.2 Å². The van der Waals surface area contributed by atoms with E-state index in [4.69, 9.17) is 0 Å². The first-order valence-electron chi connectivity index (χ1n) is 9.26. The molecule has 2 aromatic rings. The van der Waals surface area contributed by atoms with Gasteiger partial charge in [-0.05, 0) is 55.4 Å². The fraction of sp³-hybridized carbons (Fsp3) is 0.500. The van der Waals surface area contributed by atoms with E-state index in [-0.39, 0.29) is 18.1 Å². The maximum absolute atomic E-state index is 13.3. The number of rotatable bonds is 4. The number of hydrogen-bond acceptors (Lipinski definition) is 2. The second kappa shape index (κ2) is 6.41. The van der Waals surface area contributed by atoms with Crippen molar-refractivity contribution in [1.82, 2.24) is 9.88 Å². The van der Waals surface area contributed by atoms with Gasteiger partial charge >= 0.3 is 5.97 Å². The molecule has 2 heterocycles. The third kappa shape index (κ3) is 2.87. The lowest BCUT2D eigenvalue weighted by Crippen LogP contribution is -2.45. The lowest BCUT2D eigenvalue weighted by atomic mass is 9.66. The number of carbonyl (C=O) groups excluding carboxylic acids is 1. The fourth-order valence-corrected chi connectivity index (χ4v) is 4.37. The quantitative estimate of drug-likeness (QED) is 0.876. The Morgan fingerprint density at radius 3 is 2.62 bits per heavy atom. The van der Waals surface area contributed by atoms with Crippen molar-refractivity contribution >= 4 is 22.8 Å². The lowest BCUT2D eigenvalue weighted by Gasteiger charge is -2.39. The molecule has 4 rings (SSSR count). The van der Waals surface area contributed by atoms with Crippen molar-refractivity contribution in [3.63, 3.8) is 0 Å². The van der Waals surface area contributed by atoms with E-state index in [0.29, 0.717) is 31.8 Å². The van der Waals surface area contributed by atoms with E-state index in [0.717, 1.165) is 30.2 Å². The van der Waals surface area contributed by atoms with Crippen LogP contribution >= 0.6 is 0 Å². The molecule has 0 bridgehead atoms. The highest BCUT2D eigenvalue weighted by Gasteiger charge is 2.46. The smallest absolute Gasteiger partial charge is 0.310 e. The molecule has 1 aromatic heterocycles. The third-order valence-corrected chi connectivity index (χ3v) is 6.22. The Morgan fingerprint density at radius 1 is 1.27 bits per heavy atom. The molecule has 2 fully saturated rings. The predicted octanol–water partition coefficient (Wildman–Crippen LogP) is 3.66. The summed E-state index contributed by atoms with van der Waals surface area (Å²) in [7, 11) is 0. The van der Waals surface area contributed by atoms with Crippen LogP contribution in [-0.2, 0) is 9.59 Å². The highest BCUT2D eigenvalue weighted by atomic mass is 19.1. The van der Waals surface area contributed by atoms with E-state index in [9.17, 15) is 19.1 Å². The van der Waals surface area contributed by atoms with E-state index >= 15 is 0 Å². The number of piperidine rings is 1. The molecule has 1 aromatic carbocycles. The number of aromatic amines is 1. The number of amides is 1. The Bertz CT molecular complexity index is 848. The van der Waals surface area contributed by atoms with Gasteiger partial charge in [-0.15, -0.1) is 0 Å². The van der Waals surface area contributed by atoms with Gasteiger partial charge in [-0.1, -0.05) is 6.42 Å². The van der Waals surface area contributed by atoms with Crippen molar-refractivity contribution in [3.05, 3.63) is 35.8 Å². The first-order chi connectivity index (χ1) is 12.5. The number of aromatic nitrogens is 1. The first kappa shape index (κ1) is 17.1. The minimum absolute atomic E-state index is 0.0356. The van der Waals surface area contributed by atoms with Gasteiger partial charge in [0.2, 0.25) is 5.91 Å². The molecule has 1 amide bonds. The van der Waals surface area contributed by atoms with E-state index < -0.39 is 11.4 Å². The third-order valence-electron chi connectivity index (χ3n) is 6.22. The Morgan fingerprint density at radius 2 is 2.00 bits per heavy atom. The normalized spacial score (nSPS) is 20.1.